The number of benzene rings is 1. The van der Waals surface area contributed by atoms with E-state index in [4.69, 9.17) is 4.74 Å². The molecule has 0 radical (unpaired) electrons. The van der Waals surface area contributed by atoms with Crippen molar-refractivity contribution in [1.29, 1.82) is 0 Å². The van der Waals surface area contributed by atoms with Crippen LogP contribution in [0.3, 0.4) is 0 Å². The van der Waals surface area contributed by atoms with Crippen LogP contribution in [0, 0.1) is 5.92 Å². The first kappa shape index (κ1) is 13.6. The number of methoxy groups -OCH3 is 1. The van der Waals surface area contributed by atoms with Crippen molar-refractivity contribution in [3.05, 3.63) is 35.4 Å². The molecule has 0 spiro atoms. The molecule has 0 saturated heterocycles. The molecule has 1 aromatic rings. The minimum Gasteiger partial charge on any atom is -0.496 e. The second kappa shape index (κ2) is 5.89. The van der Waals surface area contributed by atoms with Gasteiger partial charge in [-0.1, -0.05) is 5.57 Å². The van der Waals surface area contributed by atoms with Crippen molar-refractivity contribution in [3.8, 4) is 5.75 Å². The molecule has 0 aliphatic heterocycles. The molecule has 1 saturated carbocycles. The Hall–Kier alpha value is -1.81. The monoisotopic (exact) mass is 261 g/mol. The minimum atomic E-state index is -0.126. The standard InChI is InChI=1S/C15H19NO3/c1-10(11-3-4-11)7-15(18)16-13-5-6-14(19-2)12(8-13)9-17/h5-8,11,17H,3-4,9H2,1-2H3,(H,16,18). The van der Waals surface area contributed by atoms with Crippen molar-refractivity contribution in [2.75, 3.05) is 12.4 Å². The summed E-state index contributed by atoms with van der Waals surface area (Å²) in [7, 11) is 1.55. The molecule has 102 valence electrons. The molecule has 1 fully saturated rings. The van der Waals surface area contributed by atoms with E-state index in [1.165, 1.54) is 12.8 Å². The Morgan fingerprint density at radius 2 is 2.26 bits per heavy atom. The largest absolute Gasteiger partial charge is 0.496 e. The molecule has 1 aliphatic rings. The first-order chi connectivity index (χ1) is 9.13. The van der Waals surface area contributed by atoms with Crippen LogP contribution in [0.15, 0.2) is 29.8 Å². The van der Waals surface area contributed by atoms with E-state index in [9.17, 15) is 9.90 Å². The third-order valence-electron chi connectivity index (χ3n) is 3.30. The van der Waals surface area contributed by atoms with Crippen molar-refractivity contribution < 1.29 is 14.6 Å². The van der Waals surface area contributed by atoms with Gasteiger partial charge in [-0.25, -0.2) is 0 Å². The lowest BCUT2D eigenvalue weighted by Gasteiger charge is -2.09. The average Bonchev–Trinajstić information content (AvgIpc) is 3.22. The van der Waals surface area contributed by atoms with Crippen molar-refractivity contribution >= 4 is 11.6 Å². The van der Waals surface area contributed by atoms with Gasteiger partial charge in [0, 0.05) is 17.3 Å². The number of aliphatic hydroxyl groups is 1. The summed E-state index contributed by atoms with van der Waals surface area (Å²) < 4.78 is 5.12. The molecule has 0 heterocycles. The molecule has 4 heteroatoms. The lowest BCUT2D eigenvalue weighted by molar-refractivity contribution is -0.112. The van der Waals surface area contributed by atoms with Gasteiger partial charge in [0.15, 0.2) is 0 Å². The van der Waals surface area contributed by atoms with Gasteiger partial charge < -0.3 is 15.2 Å². The molecule has 4 nitrogen and oxygen atoms in total. The molecule has 2 N–H and O–H groups in total. The number of hydrogen-bond donors (Lipinski definition) is 2. The fraction of sp³-hybridized carbons (Fsp3) is 0.400. The highest BCUT2D eigenvalue weighted by Gasteiger charge is 2.23. The average molecular weight is 261 g/mol. The lowest BCUT2D eigenvalue weighted by atomic mass is 10.1. The molecule has 0 atom stereocenters. The van der Waals surface area contributed by atoms with Gasteiger partial charge in [0.25, 0.3) is 0 Å². The van der Waals surface area contributed by atoms with Gasteiger partial charge >= 0.3 is 0 Å². The summed E-state index contributed by atoms with van der Waals surface area (Å²) in [5, 5.41) is 12.0. The number of hydrogen-bond acceptors (Lipinski definition) is 3. The Morgan fingerprint density at radius 3 is 2.84 bits per heavy atom. The van der Waals surface area contributed by atoms with Gasteiger partial charge in [0.2, 0.25) is 5.91 Å². The third kappa shape index (κ3) is 3.58. The van der Waals surface area contributed by atoms with Crippen LogP contribution in [-0.2, 0) is 11.4 Å². The van der Waals surface area contributed by atoms with E-state index in [0.29, 0.717) is 22.9 Å². The predicted molar refractivity (Wildman–Crippen MR) is 74.0 cm³/mol. The Morgan fingerprint density at radius 1 is 1.53 bits per heavy atom. The Kier molecular flexibility index (Phi) is 4.22. The molecule has 2 rings (SSSR count). The van der Waals surface area contributed by atoms with Crippen LogP contribution in [0.4, 0.5) is 5.69 Å². The molecular formula is C15H19NO3. The van der Waals surface area contributed by atoms with Crippen LogP contribution >= 0.6 is 0 Å². The normalized spacial score (nSPS) is 15.2. The highest BCUT2D eigenvalue weighted by Crippen LogP contribution is 2.35. The molecule has 1 amide bonds. The van der Waals surface area contributed by atoms with E-state index in [1.54, 1.807) is 31.4 Å². The lowest BCUT2D eigenvalue weighted by Crippen LogP contribution is -2.09. The quantitative estimate of drug-likeness (QED) is 0.801. The zero-order valence-electron chi connectivity index (χ0n) is 11.3. The molecule has 19 heavy (non-hydrogen) atoms. The van der Waals surface area contributed by atoms with Crippen molar-refractivity contribution in [1.82, 2.24) is 0 Å². The fourth-order valence-electron chi connectivity index (χ4n) is 2.02. The molecule has 0 unspecified atom stereocenters. The summed E-state index contributed by atoms with van der Waals surface area (Å²) in [5.74, 6) is 1.08. The van der Waals surface area contributed by atoms with E-state index in [0.717, 1.165) is 5.57 Å². The van der Waals surface area contributed by atoms with Crippen LogP contribution in [0.5, 0.6) is 5.75 Å². The van der Waals surface area contributed by atoms with E-state index in [2.05, 4.69) is 5.32 Å². The molecular weight excluding hydrogens is 242 g/mol. The fourth-order valence-corrected chi connectivity index (χ4v) is 2.02. The van der Waals surface area contributed by atoms with E-state index >= 15 is 0 Å². The van der Waals surface area contributed by atoms with Crippen LogP contribution in [0.2, 0.25) is 0 Å². The number of amides is 1. The molecule has 1 aliphatic carbocycles. The highest BCUT2D eigenvalue weighted by atomic mass is 16.5. The van der Waals surface area contributed by atoms with E-state index in [1.807, 2.05) is 6.92 Å². The number of carbonyl (C=O) groups excluding carboxylic acids is 1. The second-order valence-electron chi connectivity index (χ2n) is 4.84. The smallest absolute Gasteiger partial charge is 0.248 e. The highest BCUT2D eigenvalue weighted by molar-refractivity contribution is 5.99. The zero-order chi connectivity index (χ0) is 13.8. The molecule has 1 aromatic carbocycles. The summed E-state index contributed by atoms with van der Waals surface area (Å²) in [4.78, 5) is 11.8. The van der Waals surface area contributed by atoms with Crippen LogP contribution in [-0.4, -0.2) is 18.1 Å². The van der Waals surface area contributed by atoms with E-state index in [-0.39, 0.29) is 12.5 Å². The maximum atomic E-state index is 11.8. The zero-order valence-corrected chi connectivity index (χ0v) is 11.3. The van der Waals surface area contributed by atoms with Gasteiger partial charge in [-0.2, -0.15) is 0 Å². The topological polar surface area (TPSA) is 58.6 Å². The Labute approximate surface area is 113 Å². The summed E-state index contributed by atoms with van der Waals surface area (Å²) in [6, 6.07) is 5.21. The van der Waals surface area contributed by atoms with Crippen molar-refractivity contribution in [2.45, 2.75) is 26.4 Å². The Bertz CT molecular complexity index is 504. The number of carbonyl (C=O) groups is 1. The molecule has 0 aromatic heterocycles. The maximum Gasteiger partial charge on any atom is 0.248 e. The van der Waals surface area contributed by atoms with Gasteiger partial charge in [0.05, 0.1) is 13.7 Å². The summed E-state index contributed by atoms with van der Waals surface area (Å²) in [5.41, 5.74) is 2.45. The third-order valence-corrected chi connectivity index (χ3v) is 3.30. The van der Waals surface area contributed by atoms with Gasteiger partial charge in [-0.15, -0.1) is 0 Å². The van der Waals surface area contributed by atoms with Gasteiger partial charge in [-0.3, -0.25) is 4.79 Å². The van der Waals surface area contributed by atoms with E-state index < -0.39 is 0 Å². The van der Waals surface area contributed by atoms with Crippen molar-refractivity contribution in [3.63, 3.8) is 0 Å². The summed E-state index contributed by atoms with van der Waals surface area (Å²) >= 11 is 0. The van der Waals surface area contributed by atoms with Gasteiger partial charge in [0.1, 0.15) is 5.75 Å². The first-order valence-corrected chi connectivity index (χ1v) is 6.41. The second-order valence-corrected chi connectivity index (χ2v) is 4.84. The molecule has 0 bridgehead atoms. The first-order valence-electron chi connectivity index (χ1n) is 6.41. The number of anilines is 1. The van der Waals surface area contributed by atoms with Crippen LogP contribution < -0.4 is 10.1 Å². The van der Waals surface area contributed by atoms with Crippen molar-refractivity contribution in [2.24, 2.45) is 5.92 Å². The number of allylic oxidation sites excluding steroid dienone is 1. The van der Waals surface area contributed by atoms with Gasteiger partial charge in [-0.05, 0) is 43.9 Å². The Balaban J connectivity index is 2.06. The van der Waals surface area contributed by atoms with Crippen LogP contribution in [0.25, 0.3) is 0 Å². The number of aliphatic hydroxyl groups excluding tert-OH is 1. The maximum absolute atomic E-state index is 11.8. The van der Waals surface area contributed by atoms with Crippen LogP contribution in [0.1, 0.15) is 25.3 Å². The SMILES string of the molecule is COc1ccc(NC(=O)C=C(C)C2CC2)cc1CO. The number of nitrogens with one attached hydrogen (secondary N) is 1. The minimum absolute atomic E-state index is 0.121. The number of rotatable bonds is 5. The summed E-state index contributed by atoms with van der Waals surface area (Å²) in [6.07, 6.45) is 4.03. The predicted octanol–water partition coefficient (Wildman–Crippen LogP) is 2.48. The number of ether oxygens (including phenoxy) is 1. The summed E-state index contributed by atoms with van der Waals surface area (Å²) in [6.45, 7) is 1.87.